The molecule has 0 amide bonds. The van der Waals surface area contributed by atoms with Crippen LogP contribution in [0.25, 0.3) is 11.0 Å². The molecule has 27 heavy (non-hydrogen) atoms. The number of para-hydroxylation sites is 4. The van der Waals surface area contributed by atoms with Gasteiger partial charge in [-0.25, -0.2) is 4.98 Å². The number of hydrogen-bond donors (Lipinski definition) is 0. The molecule has 1 aromatic heterocycles. The van der Waals surface area contributed by atoms with E-state index in [0.717, 1.165) is 55.9 Å². The fourth-order valence-electron chi connectivity index (χ4n) is 4.08. The molecule has 5 rings (SSSR count). The van der Waals surface area contributed by atoms with E-state index in [4.69, 9.17) is 9.72 Å². The van der Waals surface area contributed by atoms with E-state index < -0.39 is 0 Å². The molecule has 0 N–H and O–H groups in total. The maximum absolute atomic E-state index is 5.55. The summed E-state index contributed by atoms with van der Waals surface area (Å²) < 4.78 is 8.00. The number of imidazole rings is 1. The van der Waals surface area contributed by atoms with Gasteiger partial charge in [0.25, 0.3) is 0 Å². The molecule has 0 bridgehead atoms. The van der Waals surface area contributed by atoms with Crippen molar-refractivity contribution in [1.82, 2.24) is 9.55 Å². The van der Waals surface area contributed by atoms with Gasteiger partial charge in [0.15, 0.2) is 0 Å². The number of hydrogen-bond acceptors (Lipinski definition) is 4. The van der Waals surface area contributed by atoms with Crippen LogP contribution in [0.2, 0.25) is 0 Å². The summed E-state index contributed by atoms with van der Waals surface area (Å²) in [6, 6.07) is 16.8. The second-order valence-corrected chi connectivity index (χ2v) is 7.60. The molecule has 1 saturated heterocycles. The quantitative estimate of drug-likeness (QED) is 0.692. The van der Waals surface area contributed by atoms with Crippen LogP contribution >= 0.6 is 0 Å². The molecule has 2 fully saturated rings. The number of aromatic nitrogens is 2. The third kappa shape index (κ3) is 3.11. The van der Waals surface area contributed by atoms with Crippen LogP contribution < -0.4 is 14.5 Å². The zero-order valence-corrected chi connectivity index (χ0v) is 15.8. The van der Waals surface area contributed by atoms with E-state index in [1.165, 1.54) is 24.0 Å². The van der Waals surface area contributed by atoms with Gasteiger partial charge >= 0.3 is 0 Å². The lowest BCUT2D eigenvalue weighted by molar-refractivity contribution is 0.413. The molecular formula is C22H26N4O. The molecule has 1 aliphatic heterocycles. The molecule has 0 unspecified atom stereocenters. The number of benzene rings is 2. The molecule has 3 aromatic rings. The van der Waals surface area contributed by atoms with Crippen LogP contribution in [0.5, 0.6) is 5.75 Å². The van der Waals surface area contributed by atoms with Crippen LogP contribution in [0.3, 0.4) is 0 Å². The monoisotopic (exact) mass is 362 g/mol. The Labute approximate surface area is 160 Å². The summed E-state index contributed by atoms with van der Waals surface area (Å²) in [4.78, 5) is 9.87. The first-order valence-electron chi connectivity index (χ1n) is 9.91. The molecule has 0 spiro atoms. The van der Waals surface area contributed by atoms with Gasteiger partial charge in [-0.1, -0.05) is 24.3 Å². The Kier molecular flexibility index (Phi) is 4.15. The SMILES string of the molecule is COc1ccccc1N1CCN(c2nc3ccccc3n2CC2CC2)CC1. The molecule has 1 aliphatic carbocycles. The maximum Gasteiger partial charge on any atom is 0.206 e. The molecule has 2 heterocycles. The van der Waals surface area contributed by atoms with Crippen molar-refractivity contribution in [2.75, 3.05) is 43.1 Å². The topological polar surface area (TPSA) is 33.5 Å². The number of fused-ring (bicyclic) bond motifs is 1. The lowest BCUT2D eigenvalue weighted by Crippen LogP contribution is -2.47. The molecule has 0 atom stereocenters. The molecule has 140 valence electrons. The van der Waals surface area contributed by atoms with Crippen LogP contribution in [0.15, 0.2) is 48.5 Å². The van der Waals surface area contributed by atoms with Gasteiger partial charge in [-0.15, -0.1) is 0 Å². The second kappa shape index (κ2) is 6.80. The molecule has 5 nitrogen and oxygen atoms in total. The van der Waals surface area contributed by atoms with Crippen molar-refractivity contribution in [1.29, 1.82) is 0 Å². The summed E-state index contributed by atoms with van der Waals surface area (Å²) >= 11 is 0. The highest BCUT2D eigenvalue weighted by atomic mass is 16.5. The highest BCUT2D eigenvalue weighted by molar-refractivity contribution is 5.79. The predicted octanol–water partition coefficient (Wildman–Crippen LogP) is 3.78. The van der Waals surface area contributed by atoms with E-state index in [1.807, 2.05) is 12.1 Å². The van der Waals surface area contributed by atoms with Gasteiger partial charge in [-0.05, 0) is 43.0 Å². The molecule has 0 radical (unpaired) electrons. The minimum Gasteiger partial charge on any atom is -0.495 e. The van der Waals surface area contributed by atoms with E-state index in [9.17, 15) is 0 Å². The first kappa shape index (κ1) is 16.5. The summed E-state index contributed by atoms with van der Waals surface area (Å²) in [6.45, 7) is 5.01. The van der Waals surface area contributed by atoms with E-state index >= 15 is 0 Å². The largest absolute Gasteiger partial charge is 0.495 e. The highest BCUT2D eigenvalue weighted by Gasteiger charge is 2.27. The maximum atomic E-state index is 5.55. The van der Waals surface area contributed by atoms with Crippen molar-refractivity contribution in [3.63, 3.8) is 0 Å². The second-order valence-electron chi connectivity index (χ2n) is 7.60. The van der Waals surface area contributed by atoms with Gasteiger partial charge in [-0.2, -0.15) is 0 Å². The van der Waals surface area contributed by atoms with Crippen LogP contribution in [-0.4, -0.2) is 42.8 Å². The van der Waals surface area contributed by atoms with Gasteiger partial charge < -0.3 is 19.1 Å². The van der Waals surface area contributed by atoms with Crippen LogP contribution in [0.1, 0.15) is 12.8 Å². The molecular weight excluding hydrogens is 336 g/mol. The van der Waals surface area contributed by atoms with E-state index in [1.54, 1.807) is 7.11 Å². The third-order valence-electron chi connectivity index (χ3n) is 5.76. The molecule has 2 aliphatic rings. The number of piperazine rings is 1. The van der Waals surface area contributed by atoms with E-state index in [2.05, 4.69) is 50.8 Å². The molecule has 5 heteroatoms. The molecule has 1 saturated carbocycles. The van der Waals surface area contributed by atoms with Crippen molar-refractivity contribution in [2.24, 2.45) is 5.92 Å². The lowest BCUT2D eigenvalue weighted by atomic mass is 10.2. The van der Waals surface area contributed by atoms with Crippen molar-refractivity contribution >= 4 is 22.7 Å². The van der Waals surface area contributed by atoms with Crippen LogP contribution in [0.4, 0.5) is 11.6 Å². The minimum atomic E-state index is 0.830. The molecule has 2 aromatic carbocycles. The van der Waals surface area contributed by atoms with Crippen molar-refractivity contribution in [3.8, 4) is 5.75 Å². The smallest absolute Gasteiger partial charge is 0.206 e. The van der Waals surface area contributed by atoms with Crippen LogP contribution in [-0.2, 0) is 6.54 Å². The van der Waals surface area contributed by atoms with E-state index in [0.29, 0.717) is 0 Å². The number of anilines is 2. The predicted molar refractivity (Wildman–Crippen MR) is 110 cm³/mol. The number of rotatable bonds is 5. The zero-order valence-electron chi connectivity index (χ0n) is 15.8. The zero-order chi connectivity index (χ0) is 18.2. The minimum absolute atomic E-state index is 0.830. The fourth-order valence-corrected chi connectivity index (χ4v) is 4.08. The first-order chi connectivity index (χ1) is 13.3. The Morgan fingerprint density at radius 3 is 2.41 bits per heavy atom. The van der Waals surface area contributed by atoms with Crippen LogP contribution in [0, 0.1) is 5.92 Å². The number of methoxy groups -OCH3 is 1. The Hall–Kier alpha value is -2.69. The van der Waals surface area contributed by atoms with Crippen molar-refractivity contribution in [2.45, 2.75) is 19.4 Å². The Balaban J connectivity index is 1.39. The summed E-state index contributed by atoms with van der Waals surface area (Å²) in [5.74, 6) is 2.92. The number of ether oxygens (including phenoxy) is 1. The van der Waals surface area contributed by atoms with E-state index in [-0.39, 0.29) is 0 Å². The Morgan fingerprint density at radius 2 is 1.63 bits per heavy atom. The summed E-state index contributed by atoms with van der Waals surface area (Å²) in [5, 5.41) is 0. The lowest BCUT2D eigenvalue weighted by Gasteiger charge is -2.37. The normalized spacial score (nSPS) is 17.5. The van der Waals surface area contributed by atoms with Gasteiger partial charge in [-0.3, -0.25) is 0 Å². The fraction of sp³-hybridized carbons (Fsp3) is 0.409. The van der Waals surface area contributed by atoms with Gasteiger partial charge in [0.2, 0.25) is 5.95 Å². The van der Waals surface area contributed by atoms with Gasteiger partial charge in [0, 0.05) is 32.7 Å². The van der Waals surface area contributed by atoms with Gasteiger partial charge in [0.05, 0.1) is 23.8 Å². The standard InChI is InChI=1S/C22H26N4O/c1-27-21-9-5-4-8-20(21)24-12-14-25(15-13-24)22-23-18-6-2-3-7-19(18)26(22)16-17-10-11-17/h2-9,17H,10-16H2,1H3. The third-order valence-corrected chi connectivity index (χ3v) is 5.76. The Bertz CT molecular complexity index is 938. The van der Waals surface area contributed by atoms with Gasteiger partial charge in [0.1, 0.15) is 5.75 Å². The summed E-state index contributed by atoms with van der Waals surface area (Å²) in [5.41, 5.74) is 3.57. The number of nitrogens with zero attached hydrogens (tertiary/aromatic N) is 4. The average Bonchev–Trinajstić information content (AvgIpc) is 3.48. The average molecular weight is 362 g/mol. The Morgan fingerprint density at radius 1 is 0.926 bits per heavy atom. The van der Waals surface area contributed by atoms with Crippen molar-refractivity contribution in [3.05, 3.63) is 48.5 Å². The first-order valence-corrected chi connectivity index (χ1v) is 9.91. The van der Waals surface area contributed by atoms with Crippen molar-refractivity contribution < 1.29 is 4.74 Å². The summed E-state index contributed by atoms with van der Waals surface area (Å²) in [6.07, 6.45) is 2.71. The highest BCUT2D eigenvalue weighted by Crippen LogP contribution is 2.35. The summed E-state index contributed by atoms with van der Waals surface area (Å²) in [7, 11) is 1.75.